The lowest BCUT2D eigenvalue weighted by Gasteiger charge is -2.19. The maximum absolute atomic E-state index is 11.9. The minimum Gasteiger partial charge on any atom is -0.486 e. The molecule has 0 unspecified atom stereocenters. The van der Waals surface area contributed by atoms with Gasteiger partial charge in [0.15, 0.2) is 18.1 Å². The number of hydrogen-bond donors (Lipinski definition) is 1. The Morgan fingerprint density at radius 2 is 1.96 bits per heavy atom. The standard InChI is InChI=1S/C18H16N2O4/c19-10-14-3-1-2-4-15(14)24-12-18(21)20-11-13-5-6-16-17(9-13)23-8-7-22-16/h1-6,9H,7-8,11-12H2,(H,20,21). The molecule has 0 fully saturated rings. The van der Waals surface area contributed by atoms with Gasteiger partial charge in [0, 0.05) is 6.54 Å². The van der Waals surface area contributed by atoms with Crippen molar-refractivity contribution in [3.63, 3.8) is 0 Å². The van der Waals surface area contributed by atoms with Gasteiger partial charge in [-0.3, -0.25) is 4.79 Å². The molecule has 6 nitrogen and oxygen atoms in total. The number of para-hydroxylation sites is 1. The summed E-state index contributed by atoms with van der Waals surface area (Å²) < 4.78 is 16.4. The van der Waals surface area contributed by atoms with Gasteiger partial charge in [0.25, 0.3) is 5.91 Å². The van der Waals surface area contributed by atoms with Crippen LogP contribution in [0.5, 0.6) is 17.2 Å². The lowest BCUT2D eigenvalue weighted by Crippen LogP contribution is -2.28. The summed E-state index contributed by atoms with van der Waals surface area (Å²) in [5.74, 6) is 1.53. The molecule has 0 saturated heterocycles. The van der Waals surface area contributed by atoms with E-state index in [1.165, 1.54) is 0 Å². The average molecular weight is 324 g/mol. The fourth-order valence-electron chi connectivity index (χ4n) is 2.28. The largest absolute Gasteiger partial charge is 0.486 e. The quantitative estimate of drug-likeness (QED) is 0.910. The van der Waals surface area contributed by atoms with E-state index < -0.39 is 0 Å². The van der Waals surface area contributed by atoms with Crippen molar-refractivity contribution >= 4 is 5.91 Å². The number of fused-ring (bicyclic) bond motifs is 1. The highest BCUT2D eigenvalue weighted by Crippen LogP contribution is 2.30. The number of hydrogen-bond acceptors (Lipinski definition) is 5. The number of amides is 1. The minimum atomic E-state index is -0.266. The summed E-state index contributed by atoms with van der Waals surface area (Å²) in [6.45, 7) is 1.28. The Hall–Kier alpha value is -3.20. The molecular formula is C18H16N2O4. The Morgan fingerprint density at radius 3 is 2.79 bits per heavy atom. The van der Waals surface area contributed by atoms with Crippen LogP contribution in [0.4, 0.5) is 0 Å². The van der Waals surface area contributed by atoms with Crippen LogP contribution in [0.25, 0.3) is 0 Å². The van der Waals surface area contributed by atoms with Gasteiger partial charge in [0.2, 0.25) is 0 Å². The molecule has 1 heterocycles. The molecule has 0 saturated carbocycles. The van der Waals surface area contributed by atoms with Crippen LogP contribution < -0.4 is 19.5 Å². The van der Waals surface area contributed by atoms with Crippen molar-refractivity contribution in [1.82, 2.24) is 5.32 Å². The Kier molecular flexibility index (Phi) is 4.82. The Bertz CT molecular complexity index is 783. The van der Waals surface area contributed by atoms with Gasteiger partial charge in [-0.25, -0.2) is 0 Å². The van der Waals surface area contributed by atoms with Gasteiger partial charge in [-0.1, -0.05) is 18.2 Å². The maximum atomic E-state index is 11.9. The van der Waals surface area contributed by atoms with E-state index in [-0.39, 0.29) is 12.5 Å². The molecule has 0 atom stereocenters. The number of carbonyl (C=O) groups excluding carboxylic acids is 1. The third-order valence-corrected chi connectivity index (χ3v) is 3.46. The molecule has 2 aromatic carbocycles. The first kappa shape index (κ1) is 15.7. The predicted octanol–water partition coefficient (Wildman–Crippen LogP) is 2.02. The fraction of sp³-hybridized carbons (Fsp3) is 0.222. The summed E-state index contributed by atoms with van der Waals surface area (Å²) in [5, 5.41) is 11.8. The number of carbonyl (C=O) groups is 1. The van der Waals surface area contributed by atoms with Crippen LogP contribution in [0, 0.1) is 11.3 Å². The smallest absolute Gasteiger partial charge is 0.258 e. The summed E-state index contributed by atoms with van der Waals surface area (Å²) in [5.41, 5.74) is 1.31. The molecular weight excluding hydrogens is 308 g/mol. The second kappa shape index (κ2) is 7.38. The van der Waals surface area contributed by atoms with Crippen molar-refractivity contribution < 1.29 is 19.0 Å². The first-order chi connectivity index (χ1) is 11.8. The highest BCUT2D eigenvalue weighted by molar-refractivity contribution is 5.77. The summed E-state index contributed by atoms with van der Waals surface area (Å²) in [4.78, 5) is 11.9. The van der Waals surface area contributed by atoms with Gasteiger partial charge < -0.3 is 19.5 Å². The molecule has 1 aliphatic rings. The number of nitrogens with one attached hydrogen (secondary N) is 1. The van der Waals surface area contributed by atoms with Crippen molar-refractivity contribution in [3.8, 4) is 23.3 Å². The topological polar surface area (TPSA) is 80.6 Å². The van der Waals surface area contributed by atoms with Gasteiger partial charge >= 0.3 is 0 Å². The molecule has 0 spiro atoms. The Balaban J connectivity index is 1.52. The van der Waals surface area contributed by atoms with Crippen LogP contribution >= 0.6 is 0 Å². The summed E-state index contributed by atoms with van der Waals surface area (Å²) >= 11 is 0. The van der Waals surface area contributed by atoms with Gasteiger partial charge in [-0.15, -0.1) is 0 Å². The molecule has 1 amide bonds. The Morgan fingerprint density at radius 1 is 1.17 bits per heavy atom. The first-order valence-electron chi connectivity index (χ1n) is 7.53. The van der Waals surface area contributed by atoms with E-state index in [0.717, 1.165) is 5.56 Å². The average Bonchev–Trinajstić information content (AvgIpc) is 2.64. The molecule has 0 bridgehead atoms. The van der Waals surface area contributed by atoms with Crippen molar-refractivity contribution in [1.29, 1.82) is 5.26 Å². The number of ether oxygens (including phenoxy) is 3. The third kappa shape index (κ3) is 3.76. The lowest BCUT2D eigenvalue weighted by atomic mass is 10.2. The van der Waals surface area contributed by atoms with Gasteiger partial charge in [0.05, 0.1) is 5.56 Å². The van der Waals surface area contributed by atoms with E-state index in [4.69, 9.17) is 19.5 Å². The van der Waals surface area contributed by atoms with Crippen LogP contribution in [0.3, 0.4) is 0 Å². The fourth-order valence-corrected chi connectivity index (χ4v) is 2.28. The van der Waals surface area contributed by atoms with Crippen molar-refractivity contribution in [3.05, 3.63) is 53.6 Å². The van der Waals surface area contributed by atoms with E-state index in [9.17, 15) is 4.79 Å². The van der Waals surface area contributed by atoms with Crippen LogP contribution in [-0.2, 0) is 11.3 Å². The molecule has 0 radical (unpaired) electrons. The number of rotatable bonds is 5. The second-order valence-corrected chi connectivity index (χ2v) is 5.15. The van der Waals surface area contributed by atoms with Crippen molar-refractivity contribution in [2.75, 3.05) is 19.8 Å². The van der Waals surface area contributed by atoms with E-state index >= 15 is 0 Å². The highest BCUT2D eigenvalue weighted by atomic mass is 16.6. The predicted molar refractivity (Wildman–Crippen MR) is 85.9 cm³/mol. The molecule has 3 rings (SSSR count). The van der Waals surface area contributed by atoms with Gasteiger partial charge in [-0.05, 0) is 29.8 Å². The SMILES string of the molecule is N#Cc1ccccc1OCC(=O)NCc1ccc2c(c1)OCCO2. The number of nitrogens with zero attached hydrogens (tertiary/aromatic N) is 1. The third-order valence-electron chi connectivity index (χ3n) is 3.46. The molecule has 2 aromatic rings. The Labute approximate surface area is 139 Å². The van der Waals surface area contributed by atoms with Crippen LogP contribution in [0.2, 0.25) is 0 Å². The molecule has 1 aliphatic heterocycles. The molecule has 0 aromatic heterocycles. The molecule has 6 heteroatoms. The highest BCUT2D eigenvalue weighted by Gasteiger charge is 2.12. The van der Waals surface area contributed by atoms with Crippen LogP contribution in [-0.4, -0.2) is 25.7 Å². The van der Waals surface area contributed by atoms with E-state index in [1.54, 1.807) is 24.3 Å². The minimum absolute atomic E-state index is 0.150. The van der Waals surface area contributed by atoms with E-state index in [2.05, 4.69) is 5.32 Å². The van der Waals surface area contributed by atoms with Crippen LogP contribution in [0.1, 0.15) is 11.1 Å². The first-order valence-corrected chi connectivity index (χ1v) is 7.53. The number of nitriles is 1. The lowest BCUT2D eigenvalue weighted by molar-refractivity contribution is -0.123. The van der Waals surface area contributed by atoms with E-state index in [1.807, 2.05) is 24.3 Å². The zero-order valence-electron chi connectivity index (χ0n) is 13.0. The van der Waals surface area contributed by atoms with Crippen molar-refractivity contribution in [2.24, 2.45) is 0 Å². The number of benzene rings is 2. The monoisotopic (exact) mass is 324 g/mol. The normalized spacial score (nSPS) is 12.1. The summed E-state index contributed by atoms with van der Waals surface area (Å²) in [6.07, 6.45) is 0. The second-order valence-electron chi connectivity index (χ2n) is 5.15. The molecule has 122 valence electrons. The van der Waals surface area contributed by atoms with E-state index in [0.29, 0.717) is 42.6 Å². The zero-order chi connectivity index (χ0) is 16.8. The molecule has 24 heavy (non-hydrogen) atoms. The zero-order valence-corrected chi connectivity index (χ0v) is 13.0. The molecule has 0 aliphatic carbocycles. The van der Waals surface area contributed by atoms with Gasteiger partial charge in [-0.2, -0.15) is 5.26 Å². The summed E-state index contributed by atoms with van der Waals surface area (Å²) in [7, 11) is 0. The summed E-state index contributed by atoms with van der Waals surface area (Å²) in [6, 6.07) is 14.4. The van der Waals surface area contributed by atoms with Crippen LogP contribution in [0.15, 0.2) is 42.5 Å². The molecule has 1 N–H and O–H groups in total. The maximum Gasteiger partial charge on any atom is 0.258 e. The van der Waals surface area contributed by atoms with Crippen molar-refractivity contribution in [2.45, 2.75) is 6.54 Å². The van der Waals surface area contributed by atoms with Gasteiger partial charge in [0.1, 0.15) is 25.0 Å².